The third-order valence-electron chi connectivity index (χ3n) is 2.73. The molecule has 1 saturated heterocycles. The van der Waals surface area contributed by atoms with E-state index in [0.29, 0.717) is 0 Å². The molecule has 1 unspecified atom stereocenters. The zero-order valence-corrected chi connectivity index (χ0v) is 8.55. The van der Waals surface area contributed by atoms with Crippen molar-refractivity contribution in [2.24, 2.45) is 0 Å². The number of hydrogen-bond acceptors (Lipinski definition) is 2. The van der Waals surface area contributed by atoms with Gasteiger partial charge in [-0.05, 0) is 25.9 Å². The second-order valence-corrected chi connectivity index (χ2v) is 3.58. The highest BCUT2D eigenvalue weighted by atomic mass is 15.2. The average molecular weight is 180 g/mol. The van der Waals surface area contributed by atoms with Crippen LogP contribution in [0.5, 0.6) is 0 Å². The van der Waals surface area contributed by atoms with Gasteiger partial charge in [-0.15, -0.1) is 12.3 Å². The van der Waals surface area contributed by atoms with Crippen molar-refractivity contribution in [2.75, 3.05) is 26.2 Å². The van der Waals surface area contributed by atoms with E-state index in [2.05, 4.69) is 23.1 Å². The van der Waals surface area contributed by atoms with Gasteiger partial charge < -0.3 is 5.32 Å². The summed E-state index contributed by atoms with van der Waals surface area (Å²) < 4.78 is 0. The maximum Gasteiger partial charge on any atom is 0.0221 e. The SMILES string of the molecule is C#CCCNCC1CCCN1CC. The van der Waals surface area contributed by atoms with Crippen molar-refractivity contribution in [3.8, 4) is 12.3 Å². The molecule has 13 heavy (non-hydrogen) atoms. The molecule has 74 valence electrons. The molecular weight excluding hydrogens is 160 g/mol. The molecule has 0 saturated carbocycles. The van der Waals surface area contributed by atoms with E-state index in [0.717, 1.165) is 25.6 Å². The smallest absolute Gasteiger partial charge is 0.0221 e. The Morgan fingerprint density at radius 2 is 2.46 bits per heavy atom. The van der Waals surface area contributed by atoms with Crippen LogP contribution >= 0.6 is 0 Å². The second-order valence-electron chi connectivity index (χ2n) is 3.58. The van der Waals surface area contributed by atoms with Gasteiger partial charge in [0.05, 0.1) is 0 Å². The number of likely N-dealkylation sites (tertiary alicyclic amines) is 1. The first-order valence-electron chi connectivity index (χ1n) is 5.26. The number of rotatable bonds is 5. The van der Waals surface area contributed by atoms with Crippen molar-refractivity contribution in [1.29, 1.82) is 0 Å². The molecular formula is C11H20N2. The molecule has 1 aliphatic rings. The molecule has 2 nitrogen and oxygen atoms in total. The first-order valence-corrected chi connectivity index (χ1v) is 5.26. The Morgan fingerprint density at radius 3 is 3.15 bits per heavy atom. The zero-order chi connectivity index (χ0) is 9.52. The van der Waals surface area contributed by atoms with Crippen molar-refractivity contribution in [3.63, 3.8) is 0 Å². The Labute approximate surface area is 81.7 Å². The van der Waals surface area contributed by atoms with E-state index < -0.39 is 0 Å². The Hall–Kier alpha value is -0.520. The minimum atomic E-state index is 0.753. The Balaban J connectivity index is 2.10. The normalized spacial score (nSPS) is 23.2. The molecule has 0 spiro atoms. The Morgan fingerprint density at radius 1 is 1.62 bits per heavy atom. The maximum atomic E-state index is 5.18. The van der Waals surface area contributed by atoms with Crippen LogP contribution in [0.25, 0.3) is 0 Å². The molecule has 0 aromatic carbocycles. The van der Waals surface area contributed by atoms with Gasteiger partial charge in [-0.25, -0.2) is 0 Å². The second kappa shape index (κ2) is 6.01. The van der Waals surface area contributed by atoms with Crippen LogP contribution in [0.4, 0.5) is 0 Å². The first-order chi connectivity index (χ1) is 6.38. The van der Waals surface area contributed by atoms with Crippen LogP contribution in [0.3, 0.4) is 0 Å². The van der Waals surface area contributed by atoms with Crippen molar-refractivity contribution in [1.82, 2.24) is 10.2 Å². The van der Waals surface area contributed by atoms with Crippen molar-refractivity contribution < 1.29 is 0 Å². The maximum absolute atomic E-state index is 5.18. The Kier molecular flexibility index (Phi) is 4.88. The number of terminal acetylenes is 1. The largest absolute Gasteiger partial charge is 0.314 e. The lowest BCUT2D eigenvalue weighted by Gasteiger charge is -2.22. The fraction of sp³-hybridized carbons (Fsp3) is 0.818. The van der Waals surface area contributed by atoms with Crippen molar-refractivity contribution in [2.45, 2.75) is 32.2 Å². The van der Waals surface area contributed by atoms with E-state index in [1.54, 1.807) is 0 Å². The number of nitrogens with one attached hydrogen (secondary N) is 1. The summed E-state index contributed by atoms with van der Waals surface area (Å²) >= 11 is 0. The zero-order valence-electron chi connectivity index (χ0n) is 8.55. The summed E-state index contributed by atoms with van der Waals surface area (Å²) in [6.07, 6.45) is 8.72. The molecule has 0 aromatic rings. The lowest BCUT2D eigenvalue weighted by molar-refractivity contribution is 0.261. The summed E-state index contributed by atoms with van der Waals surface area (Å²) in [5.74, 6) is 2.64. The fourth-order valence-electron chi connectivity index (χ4n) is 1.97. The summed E-state index contributed by atoms with van der Waals surface area (Å²) in [6.45, 7) is 6.76. The van der Waals surface area contributed by atoms with E-state index in [-0.39, 0.29) is 0 Å². The molecule has 0 bridgehead atoms. The van der Waals surface area contributed by atoms with E-state index in [9.17, 15) is 0 Å². The summed E-state index contributed by atoms with van der Waals surface area (Å²) in [4.78, 5) is 2.54. The van der Waals surface area contributed by atoms with Crippen LogP contribution in [-0.2, 0) is 0 Å². The third kappa shape index (κ3) is 3.38. The minimum Gasteiger partial charge on any atom is -0.314 e. The first kappa shape index (κ1) is 10.6. The highest BCUT2D eigenvalue weighted by Crippen LogP contribution is 2.15. The molecule has 0 radical (unpaired) electrons. The van der Waals surface area contributed by atoms with Gasteiger partial charge >= 0.3 is 0 Å². The molecule has 1 aliphatic heterocycles. The minimum absolute atomic E-state index is 0.753. The summed E-state index contributed by atoms with van der Waals surface area (Å²) in [5.41, 5.74) is 0. The van der Waals surface area contributed by atoms with Crippen LogP contribution in [-0.4, -0.2) is 37.1 Å². The predicted octanol–water partition coefficient (Wildman–Crippen LogP) is 1.08. The summed E-state index contributed by atoms with van der Waals surface area (Å²) in [6, 6.07) is 0.753. The van der Waals surface area contributed by atoms with Crippen molar-refractivity contribution >= 4 is 0 Å². The van der Waals surface area contributed by atoms with Gasteiger partial charge in [0.2, 0.25) is 0 Å². The van der Waals surface area contributed by atoms with E-state index in [1.807, 2.05) is 0 Å². The van der Waals surface area contributed by atoms with E-state index in [1.165, 1.54) is 25.9 Å². The van der Waals surface area contributed by atoms with Crippen LogP contribution in [0.2, 0.25) is 0 Å². The van der Waals surface area contributed by atoms with E-state index in [4.69, 9.17) is 6.42 Å². The van der Waals surface area contributed by atoms with Gasteiger partial charge in [-0.2, -0.15) is 0 Å². The highest BCUT2D eigenvalue weighted by Gasteiger charge is 2.21. The topological polar surface area (TPSA) is 15.3 Å². The third-order valence-corrected chi connectivity index (χ3v) is 2.73. The van der Waals surface area contributed by atoms with Gasteiger partial charge in [0.15, 0.2) is 0 Å². The van der Waals surface area contributed by atoms with Crippen LogP contribution in [0.1, 0.15) is 26.2 Å². The van der Waals surface area contributed by atoms with Crippen LogP contribution in [0.15, 0.2) is 0 Å². The molecule has 1 atom stereocenters. The molecule has 1 fully saturated rings. The number of nitrogens with zero attached hydrogens (tertiary/aromatic N) is 1. The number of likely N-dealkylation sites (N-methyl/N-ethyl adjacent to an activating group) is 1. The van der Waals surface area contributed by atoms with Gasteiger partial charge in [0, 0.05) is 25.6 Å². The fourth-order valence-corrected chi connectivity index (χ4v) is 1.97. The van der Waals surface area contributed by atoms with Gasteiger partial charge in [0.1, 0.15) is 0 Å². The van der Waals surface area contributed by atoms with Gasteiger partial charge in [0.25, 0.3) is 0 Å². The quantitative estimate of drug-likeness (QED) is 0.503. The monoisotopic (exact) mass is 180 g/mol. The Bertz CT molecular complexity index is 171. The average Bonchev–Trinajstić information content (AvgIpc) is 2.60. The molecule has 2 heteroatoms. The molecule has 0 aromatic heterocycles. The molecule has 1 rings (SSSR count). The van der Waals surface area contributed by atoms with E-state index >= 15 is 0 Å². The van der Waals surface area contributed by atoms with Crippen molar-refractivity contribution in [3.05, 3.63) is 0 Å². The summed E-state index contributed by atoms with van der Waals surface area (Å²) in [7, 11) is 0. The highest BCUT2D eigenvalue weighted by molar-refractivity contribution is 4.85. The molecule has 1 heterocycles. The van der Waals surface area contributed by atoms with Crippen LogP contribution < -0.4 is 5.32 Å². The summed E-state index contributed by atoms with van der Waals surface area (Å²) in [5, 5.41) is 3.41. The lowest BCUT2D eigenvalue weighted by Crippen LogP contribution is -2.37. The van der Waals surface area contributed by atoms with Gasteiger partial charge in [-0.3, -0.25) is 4.90 Å². The molecule has 1 N–H and O–H groups in total. The number of hydrogen-bond donors (Lipinski definition) is 1. The van der Waals surface area contributed by atoms with Crippen LogP contribution in [0, 0.1) is 12.3 Å². The predicted molar refractivity (Wildman–Crippen MR) is 56.6 cm³/mol. The molecule has 0 aliphatic carbocycles. The van der Waals surface area contributed by atoms with Gasteiger partial charge in [-0.1, -0.05) is 6.92 Å². The molecule has 0 amide bonds. The standard InChI is InChI=1S/C11H20N2/c1-3-5-8-12-10-11-7-6-9-13(11)4-2/h1,11-12H,4-10H2,2H3. The lowest BCUT2D eigenvalue weighted by atomic mass is 10.2.